The lowest BCUT2D eigenvalue weighted by molar-refractivity contribution is -0.120. The average Bonchev–Trinajstić information content (AvgIpc) is 3.65. The molecule has 3 aromatic heterocycles. The molecule has 8 rings (SSSR count). The van der Waals surface area contributed by atoms with E-state index in [0.29, 0.717) is 41.9 Å². The monoisotopic (exact) mass is 704 g/mol. The van der Waals surface area contributed by atoms with Crippen LogP contribution in [-0.2, 0) is 4.79 Å². The van der Waals surface area contributed by atoms with E-state index in [1.165, 1.54) is 6.92 Å². The molecule has 0 atom stereocenters. The van der Waals surface area contributed by atoms with E-state index in [2.05, 4.69) is 53.5 Å². The minimum atomic E-state index is -0.360. The number of amides is 3. The number of piperazine rings is 1. The van der Waals surface area contributed by atoms with E-state index in [-0.39, 0.29) is 34.9 Å². The van der Waals surface area contributed by atoms with Crippen LogP contribution in [0.5, 0.6) is 0 Å². The number of urea groups is 1. The fraction of sp³-hybridized carbons (Fsp3) is 0.447. The molecule has 0 bridgehead atoms. The molecular formula is C38H44N10O4. The van der Waals surface area contributed by atoms with Crippen molar-refractivity contribution < 1.29 is 14.4 Å². The maximum absolute atomic E-state index is 13.5. The van der Waals surface area contributed by atoms with Crippen molar-refractivity contribution >= 4 is 57.6 Å². The van der Waals surface area contributed by atoms with Gasteiger partial charge in [-0.2, -0.15) is 4.98 Å². The molecule has 14 heteroatoms. The molecule has 2 N–H and O–H groups in total. The van der Waals surface area contributed by atoms with Crippen LogP contribution in [0.4, 0.5) is 33.6 Å². The number of nitrogens with zero attached hydrogens (tertiary/aromatic N) is 8. The van der Waals surface area contributed by atoms with Crippen LogP contribution in [0.3, 0.4) is 0 Å². The molecule has 52 heavy (non-hydrogen) atoms. The van der Waals surface area contributed by atoms with Gasteiger partial charge in [-0.15, -0.1) is 0 Å². The SMILES string of the molecule is CC(=O)c1c(C)c2cnc(Nc3ccc(N4CCN(CC5CN(c6ccc(N7CCC(=O)NC7=O)cc6)C5)CC4)cn3)nc2n(C2CCCC2)c1=O. The minimum absolute atomic E-state index is 0.0226. The highest BCUT2D eigenvalue weighted by atomic mass is 16.2. The lowest BCUT2D eigenvalue weighted by Gasteiger charge is -2.45. The van der Waals surface area contributed by atoms with Gasteiger partial charge in [-0.25, -0.2) is 14.8 Å². The van der Waals surface area contributed by atoms with Gasteiger partial charge in [-0.1, -0.05) is 12.8 Å². The standard InChI is InChI=1S/C38H44N10O4/c1-24-31-20-40-37(43-35(31)48(29-5-3-4-6-29)36(51)34(24)25(2)49)41-32-12-11-30(19-39-32)45-17-15-44(16-18-45)21-26-22-46(23-26)27-7-9-28(10-8-27)47-14-13-33(50)42-38(47)52/h7-12,19-20,26,29H,3-6,13-18,21-23H2,1-2H3,(H,42,50,52)(H,39,40,41,43). The van der Waals surface area contributed by atoms with Crippen LogP contribution in [0.2, 0.25) is 0 Å². The molecule has 4 aliphatic rings. The smallest absolute Gasteiger partial charge is 0.328 e. The summed E-state index contributed by atoms with van der Waals surface area (Å²) in [6.45, 7) is 10.6. The van der Waals surface area contributed by atoms with Crippen LogP contribution in [0, 0.1) is 12.8 Å². The van der Waals surface area contributed by atoms with Crippen LogP contribution >= 0.6 is 0 Å². The summed E-state index contributed by atoms with van der Waals surface area (Å²) in [6.07, 6.45) is 7.78. The Morgan fingerprint density at radius 1 is 0.865 bits per heavy atom. The number of aromatic nitrogens is 4. The van der Waals surface area contributed by atoms with Crippen LogP contribution in [0.1, 0.15) is 61.0 Å². The highest BCUT2D eigenvalue weighted by Crippen LogP contribution is 2.33. The predicted octanol–water partition coefficient (Wildman–Crippen LogP) is 4.26. The lowest BCUT2D eigenvalue weighted by Crippen LogP contribution is -2.55. The van der Waals surface area contributed by atoms with E-state index in [9.17, 15) is 19.2 Å². The summed E-state index contributed by atoms with van der Waals surface area (Å²) >= 11 is 0. The summed E-state index contributed by atoms with van der Waals surface area (Å²) < 4.78 is 1.72. The first-order valence-corrected chi connectivity index (χ1v) is 18.3. The summed E-state index contributed by atoms with van der Waals surface area (Å²) in [5, 5.41) is 6.32. The highest BCUT2D eigenvalue weighted by Gasteiger charge is 2.31. The highest BCUT2D eigenvalue weighted by molar-refractivity contribution is 6.05. The van der Waals surface area contributed by atoms with Crippen molar-refractivity contribution in [2.24, 2.45) is 5.92 Å². The van der Waals surface area contributed by atoms with Crippen LogP contribution in [0.15, 0.2) is 53.6 Å². The molecule has 4 aromatic rings. The number of rotatable bonds is 9. The second kappa shape index (κ2) is 14.0. The van der Waals surface area contributed by atoms with Crippen molar-refractivity contribution in [3.8, 4) is 0 Å². The maximum Gasteiger partial charge on any atom is 0.328 e. The Morgan fingerprint density at radius 2 is 1.58 bits per heavy atom. The molecule has 0 spiro atoms. The zero-order chi connectivity index (χ0) is 35.9. The molecule has 4 fully saturated rings. The van der Waals surface area contributed by atoms with Crippen molar-refractivity contribution in [1.82, 2.24) is 29.7 Å². The Kier molecular flexibility index (Phi) is 9.08. The number of hydrogen-bond donors (Lipinski definition) is 2. The van der Waals surface area contributed by atoms with Gasteiger partial charge in [0.05, 0.1) is 17.4 Å². The molecule has 14 nitrogen and oxygen atoms in total. The summed E-state index contributed by atoms with van der Waals surface area (Å²) in [7, 11) is 0. The summed E-state index contributed by atoms with van der Waals surface area (Å²) in [4.78, 5) is 72.5. The minimum Gasteiger partial charge on any atom is -0.371 e. The molecule has 1 saturated carbocycles. The fourth-order valence-electron chi connectivity index (χ4n) is 8.17. The molecular weight excluding hydrogens is 660 g/mol. The molecule has 1 aliphatic carbocycles. The maximum atomic E-state index is 13.5. The number of benzene rings is 1. The number of nitrogens with one attached hydrogen (secondary N) is 2. The third-order valence-electron chi connectivity index (χ3n) is 11.0. The number of aryl methyl sites for hydroxylation is 1. The number of ketones is 1. The topological polar surface area (TPSA) is 149 Å². The Morgan fingerprint density at radius 3 is 2.25 bits per heavy atom. The zero-order valence-electron chi connectivity index (χ0n) is 29.7. The Labute approximate surface area is 301 Å². The molecule has 3 aliphatic heterocycles. The Hall–Kier alpha value is -5.37. The fourth-order valence-corrected chi connectivity index (χ4v) is 8.17. The molecule has 270 valence electrons. The van der Waals surface area contributed by atoms with Crippen molar-refractivity contribution in [1.29, 1.82) is 0 Å². The van der Waals surface area contributed by atoms with Crippen molar-refractivity contribution in [3.63, 3.8) is 0 Å². The largest absolute Gasteiger partial charge is 0.371 e. The van der Waals surface area contributed by atoms with Gasteiger partial charge in [-0.05, 0) is 68.7 Å². The first kappa shape index (κ1) is 33.8. The second-order valence-corrected chi connectivity index (χ2v) is 14.5. The van der Waals surface area contributed by atoms with Crippen molar-refractivity contribution in [2.75, 3.05) is 72.4 Å². The number of carbonyl (C=O) groups excluding carboxylic acids is 3. The molecule has 1 aromatic carbocycles. The first-order valence-electron chi connectivity index (χ1n) is 18.3. The van der Waals surface area contributed by atoms with Crippen LogP contribution < -0.4 is 30.9 Å². The van der Waals surface area contributed by atoms with Gasteiger partial charge in [0, 0.05) is 93.7 Å². The van der Waals surface area contributed by atoms with E-state index in [1.807, 2.05) is 24.4 Å². The number of carbonyl (C=O) groups is 3. The number of fused-ring (bicyclic) bond motifs is 1. The average molecular weight is 705 g/mol. The molecule has 0 unspecified atom stereocenters. The third kappa shape index (κ3) is 6.58. The third-order valence-corrected chi connectivity index (χ3v) is 11.0. The van der Waals surface area contributed by atoms with Gasteiger partial charge >= 0.3 is 6.03 Å². The number of Topliss-reactive ketones (excluding diaryl/α,β-unsaturated/α-hetero) is 1. The van der Waals surface area contributed by atoms with Gasteiger partial charge in [-0.3, -0.25) is 34.1 Å². The van der Waals surface area contributed by atoms with Crippen LogP contribution in [-0.4, -0.2) is 94.5 Å². The van der Waals surface area contributed by atoms with E-state index in [0.717, 1.165) is 93.9 Å². The van der Waals surface area contributed by atoms with Gasteiger partial charge in [0.25, 0.3) is 5.56 Å². The van der Waals surface area contributed by atoms with E-state index < -0.39 is 0 Å². The first-order chi connectivity index (χ1) is 25.2. The molecule has 3 saturated heterocycles. The van der Waals surface area contributed by atoms with Gasteiger partial charge < -0.3 is 15.1 Å². The van der Waals surface area contributed by atoms with Gasteiger partial charge in [0.15, 0.2) is 5.78 Å². The Balaban J connectivity index is 0.841. The van der Waals surface area contributed by atoms with Gasteiger partial charge in [0.2, 0.25) is 11.9 Å². The van der Waals surface area contributed by atoms with Gasteiger partial charge in [0.1, 0.15) is 11.5 Å². The number of hydrogen-bond acceptors (Lipinski definition) is 11. The second-order valence-electron chi connectivity index (χ2n) is 14.5. The predicted molar refractivity (Wildman–Crippen MR) is 200 cm³/mol. The van der Waals surface area contributed by atoms with E-state index >= 15 is 0 Å². The molecule has 6 heterocycles. The van der Waals surface area contributed by atoms with Crippen molar-refractivity contribution in [2.45, 2.75) is 52.0 Å². The summed E-state index contributed by atoms with van der Waals surface area (Å²) in [5.74, 6) is 1.13. The molecule has 3 amide bonds. The number of anilines is 5. The Bertz CT molecular complexity index is 2060. The summed E-state index contributed by atoms with van der Waals surface area (Å²) in [6, 6.07) is 11.7. The molecule has 0 radical (unpaired) electrons. The summed E-state index contributed by atoms with van der Waals surface area (Å²) in [5.41, 5.74) is 4.16. The number of imide groups is 1. The zero-order valence-corrected chi connectivity index (χ0v) is 29.7. The lowest BCUT2D eigenvalue weighted by atomic mass is 9.98. The van der Waals surface area contributed by atoms with Crippen LogP contribution in [0.25, 0.3) is 11.0 Å². The van der Waals surface area contributed by atoms with E-state index in [4.69, 9.17) is 4.98 Å². The normalized spacial score (nSPS) is 18.9. The van der Waals surface area contributed by atoms with E-state index in [1.54, 1.807) is 22.6 Å². The number of pyridine rings is 2. The van der Waals surface area contributed by atoms with Crippen molar-refractivity contribution in [3.05, 3.63) is 70.3 Å². The quantitative estimate of drug-likeness (QED) is 0.241.